The van der Waals surface area contributed by atoms with Crippen LogP contribution in [-0.4, -0.2) is 16.6 Å². The van der Waals surface area contributed by atoms with Crippen LogP contribution < -0.4 is 0 Å². The minimum atomic E-state index is 0.467. The standard InChI is InChI=1S/C34H32N2.C5H12.CH3F/c1-6-22(3)27-13-10-14-29-28-16-15-21(2)17-30(28)36-31(20-35-34(36)33(27)29)32-23(4)18-26(19-24(32)5)25-11-8-7-9-12-25;1-3-5-4-2;1-2/h7-20,22H,6H2,1-5H3;3-5H2,1-2H3;1H3. The second kappa shape index (κ2) is 14.5. The van der Waals surface area contributed by atoms with E-state index in [2.05, 4.69) is 138 Å². The maximum atomic E-state index is 9.50. The molecule has 43 heavy (non-hydrogen) atoms. The SMILES string of the molecule is CCC(C)c1cccc2c3ccc(C)cc3n3c(-c4c(C)cc(-c5ccccc5)cc4C)cnc3c12.CCCCC.CF. The van der Waals surface area contributed by atoms with E-state index in [4.69, 9.17) is 4.98 Å². The lowest BCUT2D eigenvalue weighted by Crippen LogP contribution is -2.00. The zero-order valence-corrected chi connectivity index (χ0v) is 27.3. The number of halogens is 1. The third kappa shape index (κ3) is 6.37. The van der Waals surface area contributed by atoms with Gasteiger partial charge >= 0.3 is 0 Å². The average molecular weight is 575 g/mol. The van der Waals surface area contributed by atoms with E-state index in [1.165, 1.54) is 79.9 Å². The van der Waals surface area contributed by atoms with E-state index in [9.17, 15) is 4.39 Å². The number of imidazole rings is 1. The summed E-state index contributed by atoms with van der Waals surface area (Å²) < 4.78 is 11.9. The minimum Gasteiger partial charge on any atom is -0.292 e. The maximum Gasteiger partial charge on any atom is 0.145 e. The summed E-state index contributed by atoms with van der Waals surface area (Å²) in [6, 6.07) is 28.9. The average Bonchev–Trinajstić information content (AvgIpc) is 3.47. The first-order valence-electron chi connectivity index (χ1n) is 15.8. The molecule has 2 heterocycles. The molecule has 0 amide bonds. The Bertz CT molecular complexity index is 1790. The van der Waals surface area contributed by atoms with E-state index in [1.54, 1.807) is 0 Å². The minimum absolute atomic E-state index is 0.467. The van der Waals surface area contributed by atoms with Crippen molar-refractivity contribution in [3.8, 4) is 22.4 Å². The normalized spacial score (nSPS) is 11.7. The fourth-order valence-electron chi connectivity index (χ4n) is 6.20. The highest BCUT2D eigenvalue weighted by Crippen LogP contribution is 2.39. The van der Waals surface area contributed by atoms with Crippen LogP contribution in [-0.2, 0) is 0 Å². The number of nitrogens with zero attached hydrogens (tertiary/aromatic N) is 2. The highest BCUT2D eigenvalue weighted by Gasteiger charge is 2.20. The molecule has 0 saturated carbocycles. The Morgan fingerprint density at radius 3 is 2.02 bits per heavy atom. The van der Waals surface area contributed by atoms with E-state index < -0.39 is 0 Å². The summed E-state index contributed by atoms with van der Waals surface area (Å²) in [7, 11) is 0.500. The van der Waals surface area contributed by atoms with Crippen LogP contribution in [0.3, 0.4) is 0 Å². The van der Waals surface area contributed by atoms with E-state index in [0.717, 1.165) is 17.8 Å². The van der Waals surface area contributed by atoms with E-state index >= 15 is 0 Å². The number of hydrogen-bond acceptors (Lipinski definition) is 1. The van der Waals surface area contributed by atoms with Crippen LogP contribution >= 0.6 is 0 Å². The van der Waals surface area contributed by atoms with Gasteiger partial charge in [0.1, 0.15) is 5.65 Å². The van der Waals surface area contributed by atoms with Crippen molar-refractivity contribution in [2.45, 2.75) is 80.1 Å². The number of unbranched alkanes of at least 4 members (excludes halogenated alkanes) is 2. The molecule has 2 nitrogen and oxygen atoms in total. The summed E-state index contributed by atoms with van der Waals surface area (Å²) in [6.07, 6.45) is 7.26. The Balaban J connectivity index is 0.000000551. The van der Waals surface area contributed by atoms with Gasteiger partial charge in [-0.1, -0.05) is 120 Å². The molecule has 0 saturated heterocycles. The summed E-state index contributed by atoms with van der Waals surface area (Å²) >= 11 is 0. The van der Waals surface area contributed by atoms with Gasteiger partial charge in [0.05, 0.1) is 24.6 Å². The topological polar surface area (TPSA) is 17.3 Å². The van der Waals surface area contributed by atoms with Gasteiger partial charge in [-0.15, -0.1) is 0 Å². The van der Waals surface area contributed by atoms with Crippen molar-refractivity contribution >= 4 is 27.3 Å². The van der Waals surface area contributed by atoms with Crippen molar-refractivity contribution in [1.82, 2.24) is 9.38 Å². The van der Waals surface area contributed by atoms with Gasteiger partial charge in [0.15, 0.2) is 0 Å². The summed E-state index contributed by atoms with van der Waals surface area (Å²) in [6.45, 7) is 15.6. The molecule has 2 aromatic heterocycles. The summed E-state index contributed by atoms with van der Waals surface area (Å²) in [4.78, 5) is 5.11. The molecule has 0 aliphatic rings. The van der Waals surface area contributed by atoms with Crippen molar-refractivity contribution in [2.24, 2.45) is 0 Å². The van der Waals surface area contributed by atoms with Crippen LogP contribution in [0.4, 0.5) is 4.39 Å². The Morgan fingerprint density at radius 1 is 0.744 bits per heavy atom. The maximum absolute atomic E-state index is 9.50. The molecule has 1 unspecified atom stereocenters. The molecule has 0 aliphatic carbocycles. The number of pyridine rings is 1. The van der Waals surface area contributed by atoms with Gasteiger partial charge in [-0.25, -0.2) is 4.98 Å². The van der Waals surface area contributed by atoms with Crippen molar-refractivity contribution in [1.29, 1.82) is 0 Å². The number of hydrogen-bond donors (Lipinski definition) is 0. The highest BCUT2D eigenvalue weighted by molar-refractivity contribution is 6.14. The molecule has 0 spiro atoms. The molecule has 0 radical (unpaired) electrons. The first-order valence-corrected chi connectivity index (χ1v) is 15.8. The molecule has 0 aliphatic heterocycles. The van der Waals surface area contributed by atoms with Crippen LogP contribution in [0, 0.1) is 20.8 Å². The fraction of sp³-hybridized carbons (Fsp3) is 0.325. The van der Waals surface area contributed by atoms with Crippen LogP contribution in [0.25, 0.3) is 49.7 Å². The predicted octanol–water partition coefficient (Wildman–Crippen LogP) is 12.2. The lowest BCUT2D eigenvalue weighted by atomic mass is 9.91. The first-order chi connectivity index (χ1) is 20.9. The van der Waals surface area contributed by atoms with E-state index in [1.807, 2.05) is 0 Å². The van der Waals surface area contributed by atoms with Gasteiger partial charge in [0, 0.05) is 16.3 Å². The molecule has 1 atom stereocenters. The van der Waals surface area contributed by atoms with Gasteiger partial charge in [0.2, 0.25) is 0 Å². The van der Waals surface area contributed by atoms with E-state index in [0.29, 0.717) is 13.1 Å². The highest BCUT2D eigenvalue weighted by atomic mass is 19.1. The second-order valence-electron chi connectivity index (χ2n) is 11.6. The number of alkyl halides is 1. The third-order valence-corrected chi connectivity index (χ3v) is 8.51. The van der Waals surface area contributed by atoms with Crippen LogP contribution in [0.5, 0.6) is 0 Å². The monoisotopic (exact) mass is 574 g/mol. The fourth-order valence-corrected chi connectivity index (χ4v) is 6.20. The number of aromatic nitrogens is 2. The third-order valence-electron chi connectivity index (χ3n) is 8.51. The first kappa shape index (κ1) is 31.9. The molecular formula is C40H47FN2. The zero-order chi connectivity index (χ0) is 31.1. The predicted molar refractivity (Wildman–Crippen MR) is 186 cm³/mol. The largest absolute Gasteiger partial charge is 0.292 e. The Morgan fingerprint density at radius 2 is 1.42 bits per heavy atom. The summed E-state index contributed by atoms with van der Waals surface area (Å²) in [5.74, 6) is 0.467. The molecule has 6 aromatic rings. The van der Waals surface area contributed by atoms with Gasteiger partial charge < -0.3 is 0 Å². The smallest absolute Gasteiger partial charge is 0.145 e. The Kier molecular flexibility index (Phi) is 10.7. The molecule has 0 N–H and O–H groups in total. The van der Waals surface area contributed by atoms with Crippen molar-refractivity contribution in [3.63, 3.8) is 0 Å². The van der Waals surface area contributed by atoms with E-state index in [-0.39, 0.29) is 0 Å². The summed E-state index contributed by atoms with van der Waals surface area (Å²) in [5.41, 5.74) is 12.4. The quantitative estimate of drug-likeness (QED) is 0.181. The molecular weight excluding hydrogens is 527 g/mol. The van der Waals surface area contributed by atoms with Crippen molar-refractivity contribution in [3.05, 3.63) is 107 Å². The van der Waals surface area contributed by atoms with Crippen molar-refractivity contribution in [2.75, 3.05) is 7.18 Å². The molecule has 0 bridgehead atoms. The number of rotatable bonds is 6. The molecule has 3 heteroatoms. The molecule has 6 rings (SSSR count). The van der Waals surface area contributed by atoms with Crippen LogP contribution in [0.15, 0.2) is 85.1 Å². The number of aryl methyl sites for hydroxylation is 3. The Hall–Kier alpha value is -3.98. The van der Waals surface area contributed by atoms with Crippen molar-refractivity contribution < 1.29 is 4.39 Å². The lowest BCUT2D eigenvalue weighted by molar-refractivity contribution is 0.636. The summed E-state index contributed by atoms with van der Waals surface area (Å²) in [5, 5.41) is 3.86. The number of fused-ring (bicyclic) bond motifs is 6. The zero-order valence-electron chi connectivity index (χ0n) is 27.3. The number of benzene rings is 4. The van der Waals surface area contributed by atoms with Gasteiger partial charge in [-0.2, -0.15) is 0 Å². The van der Waals surface area contributed by atoms with Crippen LogP contribution in [0.1, 0.15) is 81.5 Å². The molecule has 0 fully saturated rings. The Labute approximate surface area is 257 Å². The molecule has 224 valence electrons. The molecule has 4 aromatic carbocycles. The van der Waals surface area contributed by atoms with Crippen LogP contribution in [0.2, 0.25) is 0 Å². The van der Waals surface area contributed by atoms with Gasteiger partial charge in [-0.05, 0) is 77.9 Å². The lowest BCUT2D eigenvalue weighted by Gasteiger charge is -2.18. The van der Waals surface area contributed by atoms with Gasteiger partial charge in [0.25, 0.3) is 0 Å². The van der Waals surface area contributed by atoms with Gasteiger partial charge in [-0.3, -0.25) is 8.79 Å². The second-order valence-corrected chi connectivity index (χ2v) is 11.6.